The first-order valence-electron chi connectivity index (χ1n) is 3.64. The second-order valence-electron chi connectivity index (χ2n) is 2.73. The highest BCUT2D eigenvalue weighted by atomic mass is 79.9. The number of rotatable bonds is 3. The predicted molar refractivity (Wildman–Crippen MR) is 45.8 cm³/mol. The average molecular weight is 222 g/mol. The molecule has 1 rings (SSSR count). The number of alkyl halides is 1. The van der Waals surface area contributed by atoms with Gasteiger partial charge in [-0.15, -0.1) is 0 Å². The number of methoxy groups -OCH3 is 1. The number of carbonyl (C=O) groups is 1. The van der Waals surface area contributed by atoms with Crippen LogP contribution in [0.3, 0.4) is 0 Å². The van der Waals surface area contributed by atoms with Gasteiger partial charge in [0.05, 0.1) is 11.4 Å². The molecule has 64 valence electrons. The standard InChI is InChI=1S/C7H12BrNO2/c1-11-6-2-5(3-6)9-7(10)4-8/h5-6H,2-4H2,1H3,(H,9,10). The lowest BCUT2D eigenvalue weighted by Gasteiger charge is -2.34. The molecule has 1 aliphatic carbocycles. The normalized spacial score (nSPS) is 29.3. The molecule has 0 aromatic rings. The molecular weight excluding hydrogens is 210 g/mol. The van der Waals surface area contributed by atoms with Crippen LogP contribution in [0, 0.1) is 0 Å². The number of ether oxygens (including phenoxy) is 1. The molecule has 0 aromatic carbocycles. The first kappa shape index (κ1) is 9.00. The van der Waals surface area contributed by atoms with Crippen LogP contribution in [0.25, 0.3) is 0 Å². The smallest absolute Gasteiger partial charge is 0.230 e. The van der Waals surface area contributed by atoms with E-state index in [0.717, 1.165) is 12.8 Å². The Balaban J connectivity index is 2.08. The Morgan fingerprint density at radius 1 is 1.73 bits per heavy atom. The van der Waals surface area contributed by atoms with E-state index in [-0.39, 0.29) is 5.91 Å². The molecule has 0 atom stereocenters. The molecule has 1 fully saturated rings. The van der Waals surface area contributed by atoms with Gasteiger partial charge in [0.25, 0.3) is 0 Å². The van der Waals surface area contributed by atoms with Crippen molar-refractivity contribution in [3.05, 3.63) is 0 Å². The van der Waals surface area contributed by atoms with Crippen LogP contribution >= 0.6 is 15.9 Å². The number of carbonyl (C=O) groups excluding carboxylic acids is 1. The molecular formula is C7H12BrNO2. The molecule has 0 radical (unpaired) electrons. The van der Waals surface area contributed by atoms with Gasteiger partial charge in [0, 0.05) is 13.2 Å². The first-order valence-corrected chi connectivity index (χ1v) is 4.76. The van der Waals surface area contributed by atoms with Gasteiger partial charge in [0.15, 0.2) is 0 Å². The summed E-state index contributed by atoms with van der Waals surface area (Å²) in [6, 6.07) is 0.338. The van der Waals surface area contributed by atoms with Gasteiger partial charge in [-0.3, -0.25) is 4.79 Å². The minimum absolute atomic E-state index is 0.0598. The molecule has 1 N–H and O–H groups in total. The summed E-state index contributed by atoms with van der Waals surface area (Å²) in [7, 11) is 1.70. The van der Waals surface area contributed by atoms with Crippen molar-refractivity contribution in [1.29, 1.82) is 0 Å². The molecule has 0 spiro atoms. The summed E-state index contributed by atoms with van der Waals surface area (Å²) in [5.41, 5.74) is 0. The van der Waals surface area contributed by atoms with Crippen molar-refractivity contribution in [1.82, 2.24) is 5.32 Å². The maximum absolute atomic E-state index is 10.8. The fraction of sp³-hybridized carbons (Fsp3) is 0.857. The number of nitrogens with one attached hydrogen (secondary N) is 1. The Morgan fingerprint density at radius 3 is 2.82 bits per heavy atom. The zero-order chi connectivity index (χ0) is 8.27. The number of hydrogen-bond donors (Lipinski definition) is 1. The van der Waals surface area contributed by atoms with Crippen molar-refractivity contribution < 1.29 is 9.53 Å². The van der Waals surface area contributed by atoms with Crippen LogP contribution in [0.5, 0.6) is 0 Å². The lowest BCUT2D eigenvalue weighted by Crippen LogP contribution is -2.47. The number of halogens is 1. The summed E-state index contributed by atoms with van der Waals surface area (Å²) >= 11 is 3.09. The third kappa shape index (κ3) is 2.45. The van der Waals surface area contributed by atoms with Gasteiger partial charge in [-0.05, 0) is 12.8 Å². The molecule has 4 heteroatoms. The van der Waals surface area contributed by atoms with Gasteiger partial charge < -0.3 is 10.1 Å². The molecule has 11 heavy (non-hydrogen) atoms. The van der Waals surface area contributed by atoms with Crippen LogP contribution in [0.15, 0.2) is 0 Å². The van der Waals surface area contributed by atoms with Crippen molar-refractivity contribution in [2.75, 3.05) is 12.4 Å². The zero-order valence-corrected chi connectivity index (χ0v) is 8.06. The Hall–Kier alpha value is -0.0900. The van der Waals surface area contributed by atoms with Gasteiger partial charge in [0.1, 0.15) is 0 Å². The van der Waals surface area contributed by atoms with E-state index < -0.39 is 0 Å². The molecule has 0 bridgehead atoms. The predicted octanol–water partition coefficient (Wildman–Crippen LogP) is 0.675. The summed E-state index contributed by atoms with van der Waals surface area (Å²) in [5.74, 6) is 0.0598. The number of amides is 1. The first-order chi connectivity index (χ1) is 5.26. The van der Waals surface area contributed by atoms with Crippen LogP contribution in [-0.2, 0) is 9.53 Å². The number of hydrogen-bond acceptors (Lipinski definition) is 2. The summed E-state index contributed by atoms with van der Waals surface area (Å²) < 4.78 is 5.07. The Kier molecular flexibility index (Phi) is 3.33. The fourth-order valence-corrected chi connectivity index (χ4v) is 1.30. The molecule has 0 aliphatic heterocycles. The Morgan fingerprint density at radius 2 is 2.36 bits per heavy atom. The summed E-state index contributed by atoms with van der Waals surface area (Å²) in [5, 5.41) is 3.25. The Labute approximate surface area is 74.6 Å². The SMILES string of the molecule is COC1CC(NC(=O)CBr)C1. The van der Waals surface area contributed by atoms with Gasteiger partial charge in [-0.1, -0.05) is 15.9 Å². The molecule has 1 saturated carbocycles. The third-order valence-electron chi connectivity index (χ3n) is 1.91. The summed E-state index contributed by atoms with van der Waals surface area (Å²) in [4.78, 5) is 10.8. The van der Waals surface area contributed by atoms with Gasteiger partial charge >= 0.3 is 0 Å². The molecule has 1 aliphatic rings. The summed E-state index contributed by atoms with van der Waals surface area (Å²) in [6.45, 7) is 0. The van der Waals surface area contributed by atoms with E-state index in [2.05, 4.69) is 21.2 Å². The molecule has 0 unspecified atom stereocenters. The Bertz CT molecular complexity index is 145. The van der Waals surface area contributed by atoms with Crippen LogP contribution in [0.1, 0.15) is 12.8 Å². The van der Waals surface area contributed by atoms with Gasteiger partial charge in [0.2, 0.25) is 5.91 Å². The quantitative estimate of drug-likeness (QED) is 0.713. The molecule has 1 amide bonds. The zero-order valence-electron chi connectivity index (χ0n) is 6.47. The lowest BCUT2D eigenvalue weighted by molar-refractivity contribution is -0.120. The highest BCUT2D eigenvalue weighted by Gasteiger charge is 2.29. The van der Waals surface area contributed by atoms with Crippen LogP contribution in [0.4, 0.5) is 0 Å². The fourth-order valence-electron chi connectivity index (χ4n) is 1.14. The van der Waals surface area contributed by atoms with Crippen molar-refractivity contribution >= 4 is 21.8 Å². The summed E-state index contributed by atoms with van der Waals surface area (Å²) in [6.07, 6.45) is 2.26. The largest absolute Gasteiger partial charge is 0.381 e. The van der Waals surface area contributed by atoms with Crippen LogP contribution in [0.2, 0.25) is 0 Å². The minimum atomic E-state index is 0.0598. The van der Waals surface area contributed by atoms with Gasteiger partial charge in [-0.25, -0.2) is 0 Å². The topological polar surface area (TPSA) is 38.3 Å². The monoisotopic (exact) mass is 221 g/mol. The third-order valence-corrected chi connectivity index (χ3v) is 2.42. The van der Waals surface area contributed by atoms with E-state index in [1.54, 1.807) is 7.11 Å². The van der Waals surface area contributed by atoms with Crippen molar-refractivity contribution in [2.45, 2.75) is 25.0 Å². The maximum Gasteiger partial charge on any atom is 0.230 e. The van der Waals surface area contributed by atoms with Crippen molar-refractivity contribution in [3.8, 4) is 0 Å². The van der Waals surface area contributed by atoms with E-state index in [4.69, 9.17) is 4.74 Å². The van der Waals surface area contributed by atoms with Gasteiger partial charge in [-0.2, -0.15) is 0 Å². The van der Waals surface area contributed by atoms with E-state index in [1.165, 1.54) is 0 Å². The highest BCUT2D eigenvalue weighted by Crippen LogP contribution is 2.22. The van der Waals surface area contributed by atoms with Crippen molar-refractivity contribution in [2.24, 2.45) is 0 Å². The molecule has 0 saturated heterocycles. The highest BCUT2D eigenvalue weighted by molar-refractivity contribution is 9.09. The molecule has 0 aromatic heterocycles. The second kappa shape index (κ2) is 4.07. The minimum Gasteiger partial charge on any atom is -0.381 e. The lowest BCUT2D eigenvalue weighted by atomic mass is 9.89. The van der Waals surface area contributed by atoms with E-state index in [0.29, 0.717) is 17.5 Å². The van der Waals surface area contributed by atoms with Crippen LogP contribution in [-0.4, -0.2) is 30.5 Å². The molecule has 0 heterocycles. The van der Waals surface area contributed by atoms with Crippen LogP contribution < -0.4 is 5.32 Å². The van der Waals surface area contributed by atoms with E-state index >= 15 is 0 Å². The average Bonchev–Trinajstić information content (AvgIpc) is 1.95. The molecule has 3 nitrogen and oxygen atoms in total. The van der Waals surface area contributed by atoms with E-state index in [9.17, 15) is 4.79 Å². The van der Waals surface area contributed by atoms with Crippen molar-refractivity contribution in [3.63, 3.8) is 0 Å². The second-order valence-corrected chi connectivity index (χ2v) is 3.29. The maximum atomic E-state index is 10.8. The van der Waals surface area contributed by atoms with E-state index in [1.807, 2.05) is 0 Å².